The van der Waals surface area contributed by atoms with Crippen molar-refractivity contribution < 1.29 is 4.92 Å². The van der Waals surface area contributed by atoms with E-state index in [1.54, 1.807) is 6.92 Å². The molecule has 0 saturated heterocycles. The Morgan fingerprint density at radius 2 is 2.43 bits per heavy atom. The summed E-state index contributed by atoms with van der Waals surface area (Å²) < 4.78 is 0. The highest BCUT2D eigenvalue weighted by Gasteiger charge is 2.45. The van der Waals surface area contributed by atoms with Crippen molar-refractivity contribution in [3.8, 4) is 0 Å². The summed E-state index contributed by atoms with van der Waals surface area (Å²) in [5, 5.41) is 10.8. The van der Waals surface area contributed by atoms with Gasteiger partial charge in [0.25, 0.3) is 5.70 Å². The minimum absolute atomic E-state index is 0.130. The van der Waals surface area contributed by atoms with E-state index in [0.717, 1.165) is 0 Å². The highest BCUT2D eigenvalue weighted by Crippen LogP contribution is 2.44. The van der Waals surface area contributed by atoms with Crippen LogP contribution in [-0.2, 0) is 0 Å². The molecule has 2 unspecified atom stereocenters. The minimum Gasteiger partial charge on any atom is -0.259 e. The van der Waals surface area contributed by atoms with E-state index in [1.165, 1.54) is 18.1 Å². The molecule has 0 N–H and O–H groups in total. The zero-order valence-corrected chi connectivity index (χ0v) is 8.75. The van der Waals surface area contributed by atoms with Gasteiger partial charge < -0.3 is 0 Å². The summed E-state index contributed by atoms with van der Waals surface area (Å²) in [4.78, 5) is 18.9. The number of nitro groups is 1. The molecule has 0 saturated carbocycles. The number of halogens is 1. The molecule has 0 aromatic carbocycles. The van der Waals surface area contributed by atoms with Gasteiger partial charge in [0.2, 0.25) is 0 Å². The van der Waals surface area contributed by atoms with Gasteiger partial charge in [0.15, 0.2) is 0 Å². The molecule has 2 aliphatic rings. The predicted octanol–water partition coefficient (Wildman–Crippen LogP) is 1.86. The average Bonchev–Trinajstić information content (AvgIpc) is 2.42. The van der Waals surface area contributed by atoms with Crippen molar-refractivity contribution in [2.24, 2.45) is 15.9 Å². The van der Waals surface area contributed by atoms with Crippen LogP contribution in [0.5, 0.6) is 0 Å². The van der Waals surface area contributed by atoms with Crippen LogP contribution in [-0.4, -0.2) is 21.8 Å². The molecule has 14 heavy (non-hydrogen) atoms. The Kier molecular flexibility index (Phi) is 2.32. The van der Waals surface area contributed by atoms with Crippen LogP contribution < -0.4 is 0 Å². The topological polar surface area (TPSA) is 67.9 Å². The van der Waals surface area contributed by atoms with Gasteiger partial charge in [0.1, 0.15) is 22.8 Å². The Hall–Kier alpha value is -0.880. The highest BCUT2D eigenvalue weighted by molar-refractivity contribution is 8.04. The summed E-state index contributed by atoms with van der Waals surface area (Å²) in [7, 11) is 0. The lowest BCUT2D eigenvalue weighted by atomic mass is 10.1. The van der Waals surface area contributed by atoms with Gasteiger partial charge in [-0.25, -0.2) is 4.99 Å². The number of thioether (sulfide) groups is 1. The summed E-state index contributed by atoms with van der Waals surface area (Å²) in [6.45, 7) is 1.71. The molecule has 0 fully saturated rings. The third-order valence-corrected chi connectivity index (χ3v) is 3.62. The van der Waals surface area contributed by atoms with Crippen LogP contribution in [0.4, 0.5) is 0 Å². The van der Waals surface area contributed by atoms with Crippen LogP contribution in [0.2, 0.25) is 0 Å². The van der Waals surface area contributed by atoms with E-state index in [0.29, 0.717) is 4.91 Å². The van der Waals surface area contributed by atoms with E-state index in [-0.39, 0.29) is 16.2 Å². The van der Waals surface area contributed by atoms with Crippen molar-refractivity contribution in [1.82, 2.24) is 0 Å². The lowest BCUT2D eigenvalue weighted by Crippen LogP contribution is -2.25. The second kappa shape index (κ2) is 3.36. The molecule has 5 nitrogen and oxygen atoms in total. The Labute approximate surface area is 89.1 Å². The number of rotatable bonds is 1. The third kappa shape index (κ3) is 1.34. The number of aliphatic imine (C=N–C) groups is 2. The van der Waals surface area contributed by atoms with Crippen molar-refractivity contribution in [1.29, 1.82) is 0 Å². The molecular weight excluding hydrogens is 226 g/mol. The van der Waals surface area contributed by atoms with Gasteiger partial charge in [-0.05, 0) is 6.92 Å². The van der Waals surface area contributed by atoms with Gasteiger partial charge in [-0.15, -0.1) is 0 Å². The monoisotopic (exact) mass is 231 g/mol. The quantitative estimate of drug-likeness (QED) is 0.511. The fraction of sp³-hybridized carbons (Fsp3) is 0.429. The van der Waals surface area contributed by atoms with Gasteiger partial charge >= 0.3 is 0 Å². The van der Waals surface area contributed by atoms with Crippen molar-refractivity contribution in [3.63, 3.8) is 0 Å². The SMILES string of the molecule is CC1=C([N+](=O)[O-])C2C(Cl)=NC=NC2S1. The van der Waals surface area contributed by atoms with Crippen LogP contribution in [0.15, 0.2) is 20.6 Å². The second-order valence-electron chi connectivity index (χ2n) is 2.90. The molecule has 74 valence electrons. The predicted molar refractivity (Wildman–Crippen MR) is 56.3 cm³/mol. The smallest absolute Gasteiger partial charge is 0.259 e. The Morgan fingerprint density at radius 3 is 3.07 bits per heavy atom. The van der Waals surface area contributed by atoms with Crippen LogP contribution in [0, 0.1) is 16.0 Å². The first-order valence-corrected chi connectivity index (χ1v) is 5.13. The fourth-order valence-electron chi connectivity index (χ4n) is 1.49. The first kappa shape index (κ1) is 9.67. The zero-order valence-electron chi connectivity index (χ0n) is 7.18. The molecule has 0 aromatic rings. The van der Waals surface area contributed by atoms with Crippen LogP contribution in [0.25, 0.3) is 0 Å². The molecule has 2 atom stereocenters. The first-order chi connectivity index (χ1) is 6.61. The lowest BCUT2D eigenvalue weighted by Gasteiger charge is -2.14. The van der Waals surface area contributed by atoms with E-state index in [1.807, 2.05) is 0 Å². The van der Waals surface area contributed by atoms with Crippen LogP contribution in [0.1, 0.15) is 6.92 Å². The molecule has 0 aromatic heterocycles. The number of fused-ring (bicyclic) bond motifs is 1. The van der Waals surface area contributed by atoms with Gasteiger partial charge in [0.05, 0.1) is 9.83 Å². The zero-order chi connectivity index (χ0) is 10.3. The van der Waals surface area contributed by atoms with Gasteiger partial charge in [-0.3, -0.25) is 15.1 Å². The highest BCUT2D eigenvalue weighted by atomic mass is 35.5. The summed E-state index contributed by atoms with van der Waals surface area (Å²) in [5.74, 6) is -0.471. The summed E-state index contributed by atoms with van der Waals surface area (Å²) in [6.07, 6.45) is 1.35. The lowest BCUT2D eigenvalue weighted by molar-refractivity contribution is -0.431. The molecule has 7 heteroatoms. The standard InChI is InChI=1S/C7H6ClN3O2S/c1-3-5(11(12)13)4-6(8)9-2-10-7(4)14-3/h2,4,7H,1H3. The Bertz CT molecular complexity index is 390. The number of hydrogen-bond donors (Lipinski definition) is 0. The van der Waals surface area contributed by atoms with Crippen molar-refractivity contribution >= 4 is 34.9 Å². The molecule has 0 aliphatic carbocycles. The fourth-order valence-corrected chi connectivity index (χ4v) is 3.02. The van der Waals surface area contributed by atoms with Crippen molar-refractivity contribution in [2.75, 3.05) is 0 Å². The van der Waals surface area contributed by atoms with Gasteiger partial charge in [0, 0.05) is 0 Å². The average molecular weight is 232 g/mol. The molecule has 0 spiro atoms. The van der Waals surface area contributed by atoms with Crippen molar-refractivity contribution in [3.05, 3.63) is 20.7 Å². The van der Waals surface area contributed by atoms with E-state index in [2.05, 4.69) is 9.98 Å². The third-order valence-electron chi connectivity index (χ3n) is 2.09. The van der Waals surface area contributed by atoms with Crippen LogP contribution in [0.3, 0.4) is 0 Å². The Morgan fingerprint density at radius 1 is 1.71 bits per heavy atom. The molecule has 0 radical (unpaired) electrons. The van der Waals surface area contributed by atoms with Crippen molar-refractivity contribution in [2.45, 2.75) is 12.3 Å². The van der Waals surface area contributed by atoms with Crippen LogP contribution >= 0.6 is 23.4 Å². The van der Waals surface area contributed by atoms with E-state index >= 15 is 0 Å². The maximum absolute atomic E-state index is 10.8. The first-order valence-electron chi connectivity index (χ1n) is 3.88. The molecule has 2 aliphatic heterocycles. The molecule has 2 heterocycles. The Balaban J connectivity index is 2.42. The molecular formula is C7H6ClN3O2S. The molecule has 0 amide bonds. The maximum atomic E-state index is 10.8. The molecule has 2 rings (SSSR count). The van der Waals surface area contributed by atoms with Gasteiger partial charge in [-0.1, -0.05) is 23.4 Å². The van der Waals surface area contributed by atoms with Gasteiger partial charge in [-0.2, -0.15) is 0 Å². The van der Waals surface area contributed by atoms with E-state index in [9.17, 15) is 10.1 Å². The van der Waals surface area contributed by atoms with E-state index < -0.39 is 10.8 Å². The normalized spacial score (nSPS) is 30.3. The largest absolute Gasteiger partial charge is 0.268 e. The minimum atomic E-state index is -0.471. The molecule has 0 bridgehead atoms. The van der Waals surface area contributed by atoms with E-state index in [4.69, 9.17) is 11.6 Å². The summed E-state index contributed by atoms with van der Waals surface area (Å²) in [6, 6.07) is 0. The number of allylic oxidation sites excluding steroid dienone is 1. The number of hydrogen-bond acceptors (Lipinski definition) is 5. The summed E-state index contributed by atoms with van der Waals surface area (Å²) in [5.41, 5.74) is 0.130. The number of nitrogens with zero attached hydrogens (tertiary/aromatic N) is 3. The second-order valence-corrected chi connectivity index (χ2v) is 4.62. The maximum Gasteiger partial charge on any atom is 0.268 e. The summed E-state index contributed by atoms with van der Waals surface area (Å²) >= 11 is 7.19.